The molecule has 6 nitrogen and oxygen atoms in total. The summed E-state index contributed by atoms with van der Waals surface area (Å²) in [4.78, 5) is 16.5. The monoisotopic (exact) mass is 482 g/mol. The Kier molecular flexibility index (Phi) is 6.47. The third-order valence-electron chi connectivity index (χ3n) is 8.72. The van der Waals surface area contributed by atoms with Gasteiger partial charge in [0.2, 0.25) is 0 Å². The van der Waals surface area contributed by atoms with Crippen molar-refractivity contribution in [3.8, 4) is 0 Å². The minimum absolute atomic E-state index is 0.0344. The molecule has 192 valence electrons. The maximum absolute atomic E-state index is 13.3. The van der Waals surface area contributed by atoms with E-state index in [9.17, 15) is 13.6 Å². The SMILES string of the molecule is CC(C)=CC[C@H]1O[C@@]1(C)C1OC12CCC(OC(=O)N1CC(CCN3CCC(F)(F)CC3)C1)CC2. The number of carbonyl (C=O) groups is 1. The molecule has 4 heterocycles. The Morgan fingerprint density at radius 2 is 1.76 bits per heavy atom. The van der Waals surface area contributed by atoms with Gasteiger partial charge in [-0.1, -0.05) is 11.6 Å². The Morgan fingerprint density at radius 3 is 2.41 bits per heavy atom. The van der Waals surface area contributed by atoms with Gasteiger partial charge in [0.15, 0.2) is 0 Å². The predicted molar refractivity (Wildman–Crippen MR) is 124 cm³/mol. The van der Waals surface area contributed by atoms with E-state index in [1.165, 1.54) is 5.57 Å². The molecule has 0 aromatic rings. The molecule has 0 aromatic heterocycles. The van der Waals surface area contributed by atoms with Crippen molar-refractivity contribution in [1.29, 1.82) is 0 Å². The summed E-state index contributed by atoms with van der Waals surface area (Å²) in [5, 5.41) is 0. The summed E-state index contributed by atoms with van der Waals surface area (Å²) in [6, 6.07) is 0. The van der Waals surface area contributed by atoms with Crippen molar-refractivity contribution in [2.24, 2.45) is 5.92 Å². The average molecular weight is 483 g/mol. The Labute approximate surface area is 201 Å². The molecule has 5 aliphatic rings. The van der Waals surface area contributed by atoms with Crippen molar-refractivity contribution >= 4 is 6.09 Å². The maximum atomic E-state index is 13.3. The summed E-state index contributed by atoms with van der Waals surface area (Å²) in [6.45, 7) is 9.61. The normalized spacial score (nSPS) is 39.4. The van der Waals surface area contributed by atoms with Crippen LogP contribution in [0, 0.1) is 5.92 Å². The minimum Gasteiger partial charge on any atom is -0.446 e. The van der Waals surface area contributed by atoms with E-state index >= 15 is 0 Å². The van der Waals surface area contributed by atoms with Gasteiger partial charge in [-0.2, -0.15) is 0 Å². The second kappa shape index (κ2) is 9.00. The van der Waals surface area contributed by atoms with Crippen molar-refractivity contribution in [3.63, 3.8) is 0 Å². The highest BCUT2D eigenvalue weighted by atomic mass is 19.3. The van der Waals surface area contributed by atoms with E-state index < -0.39 is 5.92 Å². The molecule has 0 aromatic carbocycles. The second-order valence-corrected chi connectivity index (χ2v) is 11.7. The summed E-state index contributed by atoms with van der Waals surface area (Å²) >= 11 is 0. The van der Waals surface area contributed by atoms with E-state index in [-0.39, 0.29) is 48.4 Å². The summed E-state index contributed by atoms with van der Waals surface area (Å²) in [5.41, 5.74) is 1.06. The first kappa shape index (κ1) is 24.4. The summed E-state index contributed by atoms with van der Waals surface area (Å²) in [5.74, 6) is -2.04. The lowest BCUT2D eigenvalue weighted by atomic mass is 9.80. The van der Waals surface area contributed by atoms with Crippen molar-refractivity contribution in [2.75, 3.05) is 32.7 Å². The van der Waals surface area contributed by atoms with Crippen LogP contribution in [0.2, 0.25) is 0 Å². The number of hydrogen-bond donors (Lipinski definition) is 0. The molecule has 1 saturated carbocycles. The number of alkyl halides is 2. The van der Waals surface area contributed by atoms with Gasteiger partial charge >= 0.3 is 6.09 Å². The van der Waals surface area contributed by atoms with Crippen molar-refractivity contribution in [2.45, 2.75) is 108 Å². The highest BCUT2D eigenvalue weighted by Crippen LogP contribution is 2.60. The minimum atomic E-state index is -2.49. The number of nitrogens with zero attached hydrogens (tertiary/aromatic N) is 2. The Bertz CT molecular complexity index is 793. The first-order valence-electron chi connectivity index (χ1n) is 13.1. The predicted octanol–water partition coefficient (Wildman–Crippen LogP) is 4.77. The highest BCUT2D eigenvalue weighted by Gasteiger charge is 2.73. The zero-order valence-electron chi connectivity index (χ0n) is 20.9. The standard InChI is InChI=1S/C26H40F2N2O4/c1-18(2)4-5-21-24(3,33-21)22-25(34-22)9-6-20(7-10-25)32-23(31)30-16-19(17-30)8-13-29-14-11-26(27,28)12-15-29/h4,19-22H,5-17H2,1-3H3/t20?,21-,22?,24-,25?/m1/s1. The molecule has 3 atom stereocenters. The molecule has 1 unspecified atom stereocenters. The van der Waals surface area contributed by atoms with E-state index in [1.807, 2.05) is 0 Å². The summed E-state index contributed by atoms with van der Waals surface area (Å²) < 4.78 is 44.6. The molecule has 0 bridgehead atoms. The van der Waals surface area contributed by atoms with Gasteiger partial charge in [-0.25, -0.2) is 13.6 Å². The molecule has 1 aliphatic carbocycles. The van der Waals surface area contributed by atoms with Gasteiger partial charge in [0.1, 0.15) is 17.8 Å². The zero-order valence-corrected chi connectivity index (χ0v) is 20.9. The van der Waals surface area contributed by atoms with Gasteiger partial charge in [0, 0.05) is 39.0 Å². The van der Waals surface area contributed by atoms with Crippen LogP contribution in [0.15, 0.2) is 11.6 Å². The highest BCUT2D eigenvalue weighted by molar-refractivity contribution is 5.68. The summed E-state index contributed by atoms with van der Waals surface area (Å²) in [6.07, 6.45) is 7.75. The number of rotatable bonds is 7. The van der Waals surface area contributed by atoms with Crippen molar-refractivity contribution < 1.29 is 27.8 Å². The number of epoxide rings is 2. The topological polar surface area (TPSA) is 57.8 Å². The lowest BCUT2D eigenvalue weighted by Crippen LogP contribution is -2.52. The van der Waals surface area contributed by atoms with Crippen LogP contribution in [0.5, 0.6) is 0 Å². The smallest absolute Gasteiger partial charge is 0.410 e. The van der Waals surface area contributed by atoms with E-state index in [2.05, 4.69) is 31.7 Å². The van der Waals surface area contributed by atoms with Crippen LogP contribution in [-0.2, 0) is 14.2 Å². The van der Waals surface area contributed by atoms with Gasteiger partial charge < -0.3 is 24.0 Å². The maximum Gasteiger partial charge on any atom is 0.410 e. The molecular weight excluding hydrogens is 442 g/mol. The largest absolute Gasteiger partial charge is 0.446 e. The molecule has 8 heteroatoms. The number of piperidine rings is 1. The second-order valence-electron chi connectivity index (χ2n) is 11.7. The third kappa shape index (κ3) is 5.14. The lowest BCUT2D eigenvalue weighted by Gasteiger charge is -2.41. The Morgan fingerprint density at radius 1 is 1.09 bits per heavy atom. The van der Waals surface area contributed by atoms with Crippen LogP contribution in [0.3, 0.4) is 0 Å². The number of amides is 1. The molecule has 1 amide bonds. The summed E-state index contributed by atoms with van der Waals surface area (Å²) in [7, 11) is 0. The fourth-order valence-electron chi connectivity index (χ4n) is 6.13. The molecule has 1 spiro atoms. The molecule has 5 fully saturated rings. The molecular formula is C26H40F2N2O4. The van der Waals surface area contributed by atoms with Crippen LogP contribution >= 0.6 is 0 Å². The number of halogens is 2. The van der Waals surface area contributed by atoms with Crippen LogP contribution in [0.25, 0.3) is 0 Å². The van der Waals surface area contributed by atoms with Crippen LogP contribution < -0.4 is 0 Å². The van der Waals surface area contributed by atoms with Crippen molar-refractivity contribution in [3.05, 3.63) is 11.6 Å². The van der Waals surface area contributed by atoms with E-state index in [4.69, 9.17) is 14.2 Å². The first-order valence-corrected chi connectivity index (χ1v) is 13.1. The Hall–Kier alpha value is -1.25. The molecule has 4 saturated heterocycles. The number of carbonyl (C=O) groups excluding carboxylic acids is 1. The molecule has 5 rings (SSSR count). The quantitative estimate of drug-likeness (QED) is 0.387. The van der Waals surface area contributed by atoms with Gasteiger partial charge in [-0.3, -0.25) is 0 Å². The first-order chi connectivity index (χ1) is 16.1. The van der Waals surface area contributed by atoms with Crippen LogP contribution in [0.4, 0.5) is 13.6 Å². The Balaban J connectivity index is 0.969. The van der Waals surface area contributed by atoms with Gasteiger partial charge in [0.05, 0.1) is 11.7 Å². The lowest BCUT2D eigenvalue weighted by molar-refractivity contribution is -0.0571. The fourth-order valence-corrected chi connectivity index (χ4v) is 6.13. The van der Waals surface area contributed by atoms with Gasteiger partial charge in [0.25, 0.3) is 5.92 Å². The molecule has 0 N–H and O–H groups in total. The van der Waals surface area contributed by atoms with E-state index in [0.29, 0.717) is 32.1 Å². The third-order valence-corrected chi connectivity index (χ3v) is 8.72. The molecule has 34 heavy (non-hydrogen) atoms. The van der Waals surface area contributed by atoms with Gasteiger partial charge in [-0.15, -0.1) is 0 Å². The van der Waals surface area contributed by atoms with Gasteiger partial charge in [-0.05, 0) is 71.8 Å². The number of allylic oxidation sites excluding steroid dienone is 1. The number of likely N-dealkylation sites (tertiary alicyclic amines) is 2. The van der Waals surface area contributed by atoms with Crippen molar-refractivity contribution in [1.82, 2.24) is 9.80 Å². The van der Waals surface area contributed by atoms with E-state index in [1.54, 1.807) is 4.90 Å². The van der Waals surface area contributed by atoms with E-state index in [0.717, 1.165) is 45.1 Å². The van der Waals surface area contributed by atoms with Crippen LogP contribution in [-0.4, -0.2) is 84.1 Å². The molecule has 0 radical (unpaired) electrons. The number of ether oxygens (including phenoxy) is 3. The van der Waals surface area contributed by atoms with Crippen LogP contribution in [0.1, 0.15) is 72.1 Å². The zero-order chi connectivity index (χ0) is 24.1. The average Bonchev–Trinajstić information content (AvgIpc) is 3.64. The molecule has 4 aliphatic heterocycles. The fraction of sp³-hybridized carbons (Fsp3) is 0.885. The number of hydrogen-bond acceptors (Lipinski definition) is 5.